The number of carbonyl (C=O) groups is 1. The highest BCUT2D eigenvalue weighted by molar-refractivity contribution is 6.16. The molecule has 6 nitrogen and oxygen atoms in total. The Bertz CT molecular complexity index is 1000. The van der Waals surface area contributed by atoms with Gasteiger partial charge in [0.05, 0.1) is 36.6 Å². The molecule has 0 saturated heterocycles. The highest BCUT2D eigenvalue weighted by atomic mass is 16.5. The first-order chi connectivity index (χ1) is 11.0. The number of rotatable bonds is 2. The number of ether oxygens (including phenoxy) is 2. The fraction of sp³-hybridized carbons (Fsp3) is 0.235. The number of aromatic nitrogens is 1. The van der Waals surface area contributed by atoms with Gasteiger partial charge in [-0.15, -0.1) is 0 Å². The summed E-state index contributed by atoms with van der Waals surface area (Å²) in [7, 11) is 2.78. The average molecular weight is 313 g/mol. The predicted molar refractivity (Wildman–Crippen MR) is 85.2 cm³/mol. The van der Waals surface area contributed by atoms with Crippen LogP contribution in [0.15, 0.2) is 27.4 Å². The molecule has 118 valence electrons. The van der Waals surface area contributed by atoms with Gasteiger partial charge in [-0.25, -0.2) is 9.59 Å². The molecule has 0 amide bonds. The van der Waals surface area contributed by atoms with Crippen LogP contribution in [-0.4, -0.2) is 25.2 Å². The van der Waals surface area contributed by atoms with Crippen molar-refractivity contribution in [3.05, 3.63) is 45.6 Å². The third-order valence-electron chi connectivity index (χ3n) is 3.82. The van der Waals surface area contributed by atoms with Crippen molar-refractivity contribution in [2.75, 3.05) is 14.2 Å². The summed E-state index contributed by atoms with van der Waals surface area (Å²) in [4.78, 5) is 29.0. The molecule has 6 heteroatoms. The molecule has 0 aliphatic rings. The van der Waals surface area contributed by atoms with E-state index in [9.17, 15) is 9.59 Å². The standard InChI is InChI=1S/C17H15NO5/c1-8-12(16(19)22-4)14-10-6-5-7-11(21-3)15(10)23-17(20)13(14)9(2)18-8/h5-7H,1-4H3. The summed E-state index contributed by atoms with van der Waals surface area (Å²) < 4.78 is 15.5. The molecule has 0 aliphatic heterocycles. The Labute approximate surface area is 131 Å². The topological polar surface area (TPSA) is 78.6 Å². The Morgan fingerprint density at radius 3 is 2.52 bits per heavy atom. The molecule has 3 rings (SSSR count). The van der Waals surface area contributed by atoms with E-state index in [2.05, 4.69) is 4.98 Å². The van der Waals surface area contributed by atoms with Crippen LogP contribution in [0, 0.1) is 13.8 Å². The van der Waals surface area contributed by atoms with Gasteiger partial charge in [0.1, 0.15) is 0 Å². The molecule has 3 aromatic rings. The Kier molecular flexibility index (Phi) is 3.52. The minimum absolute atomic E-state index is 0.263. The molecule has 2 heterocycles. The number of fused-ring (bicyclic) bond motifs is 3. The summed E-state index contributed by atoms with van der Waals surface area (Å²) in [6.45, 7) is 3.42. The first-order valence-electron chi connectivity index (χ1n) is 6.98. The van der Waals surface area contributed by atoms with E-state index < -0.39 is 11.6 Å². The maximum absolute atomic E-state index is 12.4. The Balaban J connectivity index is 2.68. The number of esters is 1. The zero-order chi connectivity index (χ0) is 16.7. The molecule has 2 aromatic heterocycles. The van der Waals surface area contributed by atoms with Gasteiger partial charge in [-0.3, -0.25) is 4.98 Å². The van der Waals surface area contributed by atoms with Gasteiger partial charge in [-0.1, -0.05) is 12.1 Å². The molecule has 0 spiro atoms. The van der Waals surface area contributed by atoms with Crippen molar-refractivity contribution < 1.29 is 18.7 Å². The molecular formula is C17H15NO5. The van der Waals surface area contributed by atoms with Crippen LogP contribution >= 0.6 is 0 Å². The number of aryl methyl sites for hydroxylation is 2. The predicted octanol–water partition coefficient (Wildman–Crippen LogP) is 2.75. The molecule has 0 aliphatic carbocycles. The maximum Gasteiger partial charge on any atom is 0.346 e. The van der Waals surface area contributed by atoms with Gasteiger partial charge < -0.3 is 13.9 Å². The van der Waals surface area contributed by atoms with E-state index in [1.165, 1.54) is 14.2 Å². The van der Waals surface area contributed by atoms with Crippen molar-refractivity contribution in [2.24, 2.45) is 0 Å². The Hall–Kier alpha value is -2.89. The minimum atomic E-state index is -0.563. The van der Waals surface area contributed by atoms with Crippen molar-refractivity contribution in [2.45, 2.75) is 13.8 Å². The molecule has 0 saturated carbocycles. The highest BCUT2D eigenvalue weighted by Crippen LogP contribution is 2.33. The summed E-state index contributed by atoms with van der Waals surface area (Å²) in [6.07, 6.45) is 0. The SMILES string of the molecule is COC(=O)c1c(C)nc(C)c2c(=O)oc3c(OC)cccc3c12. The lowest BCUT2D eigenvalue weighted by Crippen LogP contribution is -2.12. The molecule has 0 atom stereocenters. The van der Waals surface area contributed by atoms with Gasteiger partial charge in [0.2, 0.25) is 0 Å². The van der Waals surface area contributed by atoms with Crippen LogP contribution < -0.4 is 10.4 Å². The normalized spacial score (nSPS) is 11.0. The highest BCUT2D eigenvalue weighted by Gasteiger charge is 2.23. The first-order valence-corrected chi connectivity index (χ1v) is 6.98. The van der Waals surface area contributed by atoms with E-state index in [1.54, 1.807) is 32.0 Å². The number of nitrogens with zero attached hydrogens (tertiary/aromatic N) is 1. The minimum Gasteiger partial charge on any atom is -0.493 e. The van der Waals surface area contributed by atoms with Crippen LogP contribution in [0.3, 0.4) is 0 Å². The van der Waals surface area contributed by atoms with E-state index in [0.29, 0.717) is 33.5 Å². The number of benzene rings is 1. The number of hydrogen-bond donors (Lipinski definition) is 0. The summed E-state index contributed by atoms with van der Waals surface area (Å²) >= 11 is 0. The van der Waals surface area contributed by atoms with Crippen LogP contribution in [0.25, 0.3) is 21.7 Å². The van der Waals surface area contributed by atoms with Gasteiger partial charge in [0.25, 0.3) is 0 Å². The molecule has 1 aromatic carbocycles. The van der Waals surface area contributed by atoms with Gasteiger partial charge in [-0.2, -0.15) is 0 Å². The second kappa shape index (κ2) is 5.39. The smallest absolute Gasteiger partial charge is 0.346 e. The second-order valence-electron chi connectivity index (χ2n) is 5.13. The molecule has 0 bridgehead atoms. The summed E-state index contributed by atoms with van der Waals surface area (Å²) in [5.41, 5.74) is 0.995. The number of carbonyl (C=O) groups excluding carboxylic acids is 1. The lowest BCUT2D eigenvalue weighted by Gasteiger charge is -2.12. The monoisotopic (exact) mass is 313 g/mol. The van der Waals surface area contributed by atoms with Gasteiger partial charge in [0.15, 0.2) is 11.3 Å². The Morgan fingerprint density at radius 2 is 1.87 bits per heavy atom. The largest absolute Gasteiger partial charge is 0.493 e. The number of methoxy groups -OCH3 is 2. The van der Waals surface area contributed by atoms with Crippen molar-refractivity contribution in [3.63, 3.8) is 0 Å². The molecule has 0 unspecified atom stereocenters. The van der Waals surface area contributed by atoms with Crippen molar-refractivity contribution >= 4 is 27.7 Å². The molecule has 0 fully saturated rings. The van der Waals surface area contributed by atoms with E-state index in [0.717, 1.165) is 0 Å². The number of hydrogen-bond acceptors (Lipinski definition) is 6. The van der Waals surface area contributed by atoms with E-state index in [-0.39, 0.29) is 10.9 Å². The molecular weight excluding hydrogens is 298 g/mol. The summed E-state index contributed by atoms with van der Waals surface area (Å²) in [5, 5.41) is 1.36. The molecule has 0 radical (unpaired) electrons. The van der Waals surface area contributed by atoms with Crippen LogP contribution in [0.4, 0.5) is 0 Å². The third kappa shape index (κ3) is 2.14. The lowest BCUT2D eigenvalue weighted by molar-refractivity contribution is 0.0602. The quantitative estimate of drug-likeness (QED) is 0.411. The van der Waals surface area contributed by atoms with E-state index in [1.807, 2.05) is 0 Å². The molecule has 0 N–H and O–H groups in total. The van der Waals surface area contributed by atoms with Gasteiger partial charge in [0, 0.05) is 10.8 Å². The van der Waals surface area contributed by atoms with Gasteiger partial charge >= 0.3 is 11.6 Å². The van der Waals surface area contributed by atoms with Crippen LogP contribution in [-0.2, 0) is 4.74 Å². The first kappa shape index (κ1) is 15.0. The van der Waals surface area contributed by atoms with Crippen molar-refractivity contribution in [3.8, 4) is 5.75 Å². The number of pyridine rings is 1. The zero-order valence-electron chi connectivity index (χ0n) is 13.2. The number of para-hydroxylation sites is 1. The van der Waals surface area contributed by atoms with Crippen molar-refractivity contribution in [1.29, 1.82) is 0 Å². The molecule has 23 heavy (non-hydrogen) atoms. The van der Waals surface area contributed by atoms with E-state index in [4.69, 9.17) is 13.9 Å². The van der Waals surface area contributed by atoms with Crippen LogP contribution in [0.1, 0.15) is 21.7 Å². The Morgan fingerprint density at radius 1 is 1.13 bits per heavy atom. The van der Waals surface area contributed by atoms with Crippen molar-refractivity contribution in [1.82, 2.24) is 4.98 Å². The summed E-state index contributed by atoms with van der Waals surface area (Å²) in [6, 6.07) is 5.23. The van der Waals surface area contributed by atoms with Gasteiger partial charge in [-0.05, 0) is 19.9 Å². The van der Waals surface area contributed by atoms with E-state index >= 15 is 0 Å². The third-order valence-corrected chi connectivity index (χ3v) is 3.82. The zero-order valence-corrected chi connectivity index (χ0v) is 13.2. The second-order valence-corrected chi connectivity index (χ2v) is 5.13. The lowest BCUT2D eigenvalue weighted by atomic mass is 10.00. The maximum atomic E-state index is 12.4. The fourth-order valence-corrected chi connectivity index (χ4v) is 2.84. The fourth-order valence-electron chi connectivity index (χ4n) is 2.84. The van der Waals surface area contributed by atoms with Crippen LogP contribution in [0.2, 0.25) is 0 Å². The summed E-state index contributed by atoms with van der Waals surface area (Å²) in [5.74, 6) is -0.126. The average Bonchev–Trinajstić information content (AvgIpc) is 2.53. The van der Waals surface area contributed by atoms with Crippen LogP contribution in [0.5, 0.6) is 5.75 Å².